The molecule has 3 N–H and O–H groups in total. The van der Waals surface area contributed by atoms with Crippen molar-refractivity contribution in [2.45, 2.75) is 57.6 Å². The van der Waals surface area contributed by atoms with Crippen molar-refractivity contribution in [1.82, 2.24) is 10.3 Å². The van der Waals surface area contributed by atoms with E-state index in [4.69, 9.17) is 10.5 Å². The molecule has 0 amide bonds. The van der Waals surface area contributed by atoms with Crippen LogP contribution in [0.5, 0.6) is 0 Å². The van der Waals surface area contributed by atoms with Crippen LogP contribution in [-0.2, 0) is 11.2 Å². The van der Waals surface area contributed by atoms with Gasteiger partial charge < -0.3 is 15.8 Å². The van der Waals surface area contributed by atoms with E-state index in [1.165, 1.54) is 32.1 Å². The minimum atomic E-state index is 0.254. The predicted octanol–water partition coefficient (Wildman–Crippen LogP) is 2.78. The molecule has 0 aliphatic heterocycles. The first-order chi connectivity index (χ1) is 10.3. The first-order valence-electron chi connectivity index (χ1n) is 8.20. The van der Waals surface area contributed by atoms with E-state index in [2.05, 4.69) is 17.2 Å². The smallest absolute Gasteiger partial charge is 0.0755 e. The molecule has 1 aromatic rings. The van der Waals surface area contributed by atoms with Crippen molar-refractivity contribution >= 4 is 5.69 Å². The van der Waals surface area contributed by atoms with Gasteiger partial charge in [0.25, 0.3) is 0 Å². The number of pyridine rings is 1. The van der Waals surface area contributed by atoms with Crippen LogP contribution < -0.4 is 11.1 Å². The van der Waals surface area contributed by atoms with Gasteiger partial charge in [0.2, 0.25) is 0 Å². The van der Waals surface area contributed by atoms with E-state index in [1.54, 1.807) is 6.20 Å². The summed E-state index contributed by atoms with van der Waals surface area (Å²) in [5.74, 6) is 0.658. The minimum absolute atomic E-state index is 0.254. The van der Waals surface area contributed by atoms with E-state index in [0.717, 1.165) is 24.2 Å². The maximum Gasteiger partial charge on any atom is 0.0755 e. The third-order valence-electron chi connectivity index (χ3n) is 4.63. The molecule has 0 aromatic carbocycles. The predicted molar refractivity (Wildman–Crippen MR) is 87.2 cm³/mol. The number of aromatic nitrogens is 1. The van der Waals surface area contributed by atoms with Crippen LogP contribution in [0.25, 0.3) is 0 Å². The highest BCUT2D eigenvalue weighted by atomic mass is 16.5. The number of likely N-dealkylation sites (N-methyl/N-ethyl adjacent to an activating group) is 1. The second-order valence-electron chi connectivity index (χ2n) is 6.04. The molecule has 1 heterocycles. The Labute approximate surface area is 128 Å². The van der Waals surface area contributed by atoms with Gasteiger partial charge in [-0.3, -0.25) is 4.98 Å². The van der Waals surface area contributed by atoms with Gasteiger partial charge in [0.15, 0.2) is 0 Å². The number of hydrogen-bond acceptors (Lipinski definition) is 4. The average Bonchev–Trinajstić information content (AvgIpc) is 2.51. The SMILES string of the molecule is CCNC(Cc1cnccc1N)C(OC)C1CCCCC1. The second kappa shape index (κ2) is 8.35. The molecule has 4 heteroatoms. The van der Waals surface area contributed by atoms with E-state index >= 15 is 0 Å². The summed E-state index contributed by atoms with van der Waals surface area (Å²) in [7, 11) is 1.84. The molecule has 1 saturated carbocycles. The van der Waals surface area contributed by atoms with Crippen molar-refractivity contribution in [1.29, 1.82) is 0 Å². The Bertz CT molecular complexity index is 418. The number of ether oxygens (including phenoxy) is 1. The summed E-state index contributed by atoms with van der Waals surface area (Å²) >= 11 is 0. The quantitative estimate of drug-likeness (QED) is 0.811. The van der Waals surface area contributed by atoms with Crippen LogP contribution in [-0.4, -0.2) is 30.8 Å². The molecule has 0 spiro atoms. The molecule has 0 saturated heterocycles. The summed E-state index contributed by atoms with van der Waals surface area (Å²) < 4.78 is 5.89. The van der Waals surface area contributed by atoms with Crippen LogP contribution in [0.1, 0.15) is 44.6 Å². The molecular formula is C17H29N3O. The van der Waals surface area contributed by atoms with Gasteiger partial charge in [0, 0.05) is 31.2 Å². The van der Waals surface area contributed by atoms with E-state index in [-0.39, 0.29) is 6.10 Å². The van der Waals surface area contributed by atoms with Crippen LogP contribution in [0.15, 0.2) is 18.5 Å². The minimum Gasteiger partial charge on any atom is -0.398 e. The van der Waals surface area contributed by atoms with Crippen molar-refractivity contribution in [2.24, 2.45) is 5.92 Å². The summed E-state index contributed by atoms with van der Waals surface area (Å²) in [6.07, 6.45) is 11.4. The summed E-state index contributed by atoms with van der Waals surface area (Å²) in [5.41, 5.74) is 8.01. The van der Waals surface area contributed by atoms with Gasteiger partial charge in [-0.05, 0) is 43.4 Å². The molecule has 1 aromatic heterocycles. The number of methoxy groups -OCH3 is 1. The molecule has 2 unspecified atom stereocenters. The van der Waals surface area contributed by atoms with E-state index in [1.807, 2.05) is 19.4 Å². The standard InChI is InChI=1S/C17H29N3O/c1-3-20-16(11-14-12-19-10-9-15(14)18)17(21-2)13-7-5-4-6-8-13/h9-10,12-13,16-17,20H,3-8,11H2,1-2H3,(H2,18,19). The lowest BCUT2D eigenvalue weighted by Gasteiger charge is -2.35. The first kappa shape index (κ1) is 16.2. The highest BCUT2D eigenvalue weighted by Crippen LogP contribution is 2.30. The van der Waals surface area contributed by atoms with Crippen molar-refractivity contribution < 1.29 is 4.74 Å². The molecule has 21 heavy (non-hydrogen) atoms. The van der Waals surface area contributed by atoms with Gasteiger partial charge in [-0.15, -0.1) is 0 Å². The maximum atomic E-state index is 6.08. The molecule has 2 rings (SSSR count). The molecule has 118 valence electrons. The fraction of sp³-hybridized carbons (Fsp3) is 0.706. The highest BCUT2D eigenvalue weighted by Gasteiger charge is 2.30. The molecule has 0 radical (unpaired) electrons. The highest BCUT2D eigenvalue weighted by molar-refractivity contribution is 5.44. The zero-order chi connectivity index (χ0) is 15.1. The lowest BCUT2D eigenvalue weighted by atomic mass is 9.81. The molecule has 1 aliphatic carbocycles. The number of nitrogen functional groups attached to an aromatic ring is 1. The number of rotatable bonds is 7. The summed E-state index contributed by atoms with van der Waals surface area (Å²) in [6, 6.07) is 2.18. The first-order valence-corrected chi connectivity index (χ1v) is 8.20. The number of nitrogens with two attached hydrogens (primary N) is 1. The Morgan fingerprint density at radius 3 is 2.76 bits per heavy atom. The Morgan fingerprint density at radius 2 is 2.14 bits per heavy atom. The maximum absolute atomic E-state index is 6.08. The van der Waals surface area contributed by atoms with Crippen molar-refractivity contribution in [3.05, 3.63) is 24.0 Å². The van der Waals surface area contributed by atoms with Crippen molar-refractivity contribution in [2.75, 3.05) is 19.4 Å². The summed E-state index contributed by atoms with van der Waals surface area (Å²) in [4.78, 5) is 4.21. The molecule has 4 nitrogen and oxygen atoms in total. The van der Waals surface area contributed by atoms with Crippen LogP contribution in [0.3, 0.4) is 0 Å². The molecule has 2 atom stereocenters. The van der Waals surface area contributed by atoms with Crippen LogP contribution in [0, 0.1) is 5.92 Å². The largest absolute Gasteiger partial charge is 0.398 e. The monoisotopic (exact) mass is 291 g/mol. The lowest BCUT2D eigenvalue weighted by molar-refractivity contribution is 0.00871. The third-order valence-corrected chi connectivity index (χ3v) is 4.63. The average molecular weight is 291 g/mol. The third kappa shape index (κ3) is 4.42. The van der Waals surface area contributed by atoms with Gasteiger partial charge in [-0.25, -0.2) is 0 Å². The zero-order valence-corrected chi connectivity index (χ0v) is 13.3. The topological polar surface area (TPSA) is 60.2 Å². The molecule has 1 fully saturated rings. The number of hydrogen-bond donors (Lipinski definition) is 2. The van der Waals surface area contributed by atoms with E-state index < -0.39 is 0 Å². The summed E-state index contributed by atoms with van der Waals surface area (Å²) in [5, 5.41) is 3.60. The Balaban J connectivity index is 2.10. The fourth-order valence-corrected chi connectivity index (χ4v) is 3.56. The number of nitrogens with one attached hydrogen (secondary N) is 1. The van der Waals surface area contributed by atoms with Gasteiger partial charge in [-0.1, -0.05) is 26.2 Å². The molecular weight excluding hydrogens is 262 g/mol. The van der Waals surface area contributed by atoms with E-state index in [0.29, 0.717) is 12.0 Å². The van der Waals surface area contributed by atoms with Gasteiger partial charge in [0.05, 0.1) is 6.10 Å². The van der Waals surface area contributed by atoms with Crippen LogP contribution in [0.4, 0.5) is 5.69 Å². The fourth-order valence-electron chi connectivity index (χ4n) is 3.56. The van der Waals surface area contributed by atoms with Gasteiger partial charge in [-0.2, -0.15) is 0 Å². The Kier molecular flexibility index (Phi) is 6.46. The zero-order valence-electron chi connectivity index (χ0n) is 13.3. The van der Waals surface area contributed by atoms with E-state index in [9.17, 15) is 0 Å². The van der Waals surface area contributed by atoms with Crippen molar-refractivity contribution in [3.8, 4) is 0 Å². The Hall–Kier alpha value is -1.13. The van der Waals surface area contributed by atoms with Gasteiger partial charge in [0.1, 0.15) is 0 Å². The number of nitrogens with zero attached hydrogens (tertiary/aromatic N) is 1. The van der Waals surface area contributed by atoms with Crippen LogP contribution >= 0.6 is 0 Å². The second-order valence-corrected chi connectivity index (χ2v) is 6.04. The summed E-state index contributed by atoms with van der Waals surface area (Å²) in [6.45, 7) is 3.09. The van der Waals surface area contributed by atoms with Crippen molar-refractivity contribution in [3.63, 3.8) is 0 Å². The number of anilines is 1. The normalized spacial score (nSPS) is 19.3. The molecule has 0 bridgehead atoms. The van der Waals surface area contributed by atoms with Gasteiger partial charge >= 0.3 is 0 Å². The molecule has 1 aliphatic rings. The Morgan fingerprint density at radius 1 is 1.38 bits per heavy atom. The lowest BCUT2D eigenvalue weighted by Crippen LogP contribution is -2.47. The van der Waals surface area contributed by atoms with Crippen LogP contribution in [0.2, 0.25) is 0 Å².